The topological polar surface area (TPSA) is 69.0 Å². The summed E-state index contributed by atoms with van der Waals surface area (Å²) in [6.45, 7) is 1.21. The molecule has 0 atom stereocenters. The van der Waals surface area contributed by atoms with E-state index >= 15 is 0 Å². The predicted octanol–water partition coefficient (Wildman–Crippen LogP) is 1.24. The summed E-state index contributed by atoms with van der Waals surface area (Å²) >= 11 is 0. The second kappa shape index (κ2) is 6.23. The number of ether oxygens (including phenoxy) is 1. The predicted molar refractivity (Wildman–Crippen MR) is 76.3 cm³/mol. The molecule has 1 aliphatic heterocycles. The number of carbonyl (C=O) groups excluding carboxylic acids is 1. The summed E-state index contributed by atoms with van der Waals surface area (Å²) in [5, 5.41) is 10.5. The number of nitrogens with one attached hydrogen (secondary N) is 1. The zero-order valence-corrected chi connectivity index (χ0v) is 12.0. The molecule has 0 aliphatic carbocycles. The van der Waals surface area contributed by atoms with Crippen LogP contribution in [0.5, 0.6) is 0 Å². The van der Waals surface area contributed by atoms with Gasteiger partial charge < -0.3 is 10.1 Å². The number of amides is 1. The minimum atomic E-state index is -0.524. The maximum Gasteiger partial charge on any atom is 0.242 e. The summed E-state index contributed by atoms with van der Waals surface area (Å²) in [6.07, 6.45) is 4.47. The van der Waals surface area contributed by atoms with Gasteiger partial charge in [0.15, 0.2) is 0 Å². The number of nitrogens with zero attached hydrogens (tertiary/aromatic N) is 3. The maximum absolute atomic E-state index is 13.2. The molecule has 1 aliphatic rings. The Balaban J connectivity index is 1.79. The molecule has 1 saturated heterocycles. The van der Waals surface area contributed by atoms with Crippen LogP contribution < -0.4 is 5.32 Å². The Morgan fingerprint density at radius 2 is 2.05 bits per heavy atom. The Kier molecular flexibility index (Phi) is 4.15. The number of carbonyl (C=O) groups is 1. The third kappa shape index (κ3) is 3.14. The van der Waals surface area contributed by atoms with Crippen LogP contribution in [0.15, 0.2) is 36.7 Å². The molecule has 2 aromatic rings. The number of aromatic nitrogens is 3. The standard InChI is InChI=1S/C15H17FN4O2/c16-13-3-1-12(2-4-13)15(5-9-22-10-6-15)18-14(21)11-20-8-7-17-19-20/h1-4,7-8H,5-6,9-11H2,(H,18,21). The second-order valence-electron chi connectivity index (χ2n) is 5.35. The highest BCUT2D eigenvalue weighted by Crippen LogP contribution is 2.32. The van der Waals surface area contributed by atoms with Gasteiger partial charge in [0, 0.05) is 19.4 Å². The molecule has 3 rings (SSSR count). The number of rotatable bonds is 4. The number of hydrogen-bond acceptors (Lipinski definition) is 4. The fraction of sp³-hybridized carbons (Fsp3) is 0.400. The van der Waals surface area contributed by atoms with E-state index in [1.54, 1.807) is 18.3 Å². The molecule has 0 bridgehead atoms. The molecule has 1 aromatic heterocycles. The van der Waals surface area contributed by atoms with E-state index in [1.807, 2.05) is 0 Å². The molecule has 0 unspecified atom stereocenters. The lowest BCUT2D eigenvalue weighted by Crippen LogP contribution is -2.50. The quantitative estimate of drug-likeness (QED) is 0.922. The highest BCUT2D eigenvalue weighted by molar-refractivity contribution is 5.76. The molecule has 22 heavy (non-hydrogen) atoms. The smallest absolute Gasteiger partial charge is 0.242 e. The van der Waals surface area contributed by atoms with E-state index in [0.717, 1.165) is 5.56 Å². The van der Waals surface area contributed by atoms with E-state index in [0.29, 0.717) is 26.1 Å². The van der Waals surface area contributed by atoms with Crippen molar-refractivity contribution in [2.45, 2.75) is 24.9 Å². The van der Waals surface area contributed by atoms with Gasteiger partial charge in [0.1, 0.15) is 12.4 Å². The summed E-state index contributed by atoms with van der Waals surface area (Å²) in [4.78, 5) is 12.3. The molecule has 0 saturated carbocycles. The third-order valence-electron chi connectivity index (χ3n) is 3.90. The third-order valence-corrected chi connectivity index (χ3v) is 3.90. The van der Waals surface area contributed by atoms with Gasteiger partial charge in [0.25, 0.3) is 0 Å². The monoisotopic (exact) mass is 304 g/mol. The fourth-order valence-corrected chi connectivity index (χ4v) is 2.75. The number of benzene rings is 1. The Hall–Kier alpha value is -2.28. The molecule has 6 nitrogen and oxygen atoms in total. The first kappa shape index (κ1) is 14.6. The normalized spacial score (nSPS) is 17.1. The number of hydrogen-bond donors (Lipinski definition) is 1. The molecule has 0 radical (unpaired) electrons. The van der Waals surface area contributed by atoms with E-state index < -0.39 is 5.54 Å². The summed E-state index contributed by atoms with van der Waals surface area (Å²) in [7, 11) is 0. The van der Waals surface area contributed by atoms with Crippen molar-refractivity contribution in [3.05, 3.63) is 48.0 Å². The van der Waals surface area contributed by atoms with Crippen molar-refractivity contribution < 1.29 is 13.9 Å². The highest BCUT2D eigenvalue weighted by atomic mass is 19.1. The highest BCUT2D eigenvalue weighted by Gasteiger charge is 2.36. The van der Waals surface area contributed by atoms with Crippen LogP contribution in [-0.2, 0) is 21.6 Å². The summed E-state index contributed by atoms with van der Waals surface area (Å²) in [6, 6.07) is 6.26. The minimum absolute atomic E-state index is 0.101. The van der Waals surface area contributed by atoms with Gasteiger partial charge in [0.2, 0.25) is 5.91 Å². The van der Waals surface area contributed by atoms with Crippen molar-refractivity contribution in [2.75, 3.05) is 13.2 Å². The fourth-order valence-electron chi connectivity index (χ4n) is 2.75. The molecule has 7 heteroatoms. The zero-order valence-electron chi connectivity index (χ0n) is 12.0. The molecular weight excluding hydrogens is 287 g/mol. The van der Waals surface area contributed by atoms with Gasteiger partial charge in [0.05, 0.1) is 11.7 Å². The molecule has 1 amide bonds. The van der Waals surface area contributed by atoms with E-state index in [2.05, 4.69) is 15.6 Å². The zero-order chi connectivity index (χ0) is 15.4. The van der Waals surface area contributed by atoms with Gasteiger partial charge in [-0.25, -0.2) is 9.07 Å². The van der Waals surface area contributed by atoms with Gasteiger partial charge in [-0.05, 0) is 30.5 Å². The first-order chi connectivity index (χ1) is 10.7. The average Bonchev–Trinajstić information content (AvgIpc) is 3.01. The lowest BCUT2D eigenvalue weighted by Gasteiger charge is -2.38. The van der Waals surface area contributed by atoms with Gasteiger partial charge in [-0.15, -0.1) is 5.10 Å². The lowest BCUT2D eigenvalue weighted by molar-refractivity contribution is -0.125. The van der Waals surface area contributed by atoms with Crippen LogP contribution in [0.1, 0.15) is 18.4 Å². The van der Waals surface area contributed by atoms with Crippen LogP contribution in [0.3, 0.4) is 0 Å². The molecular formula is C15H17FN4O2. The first-order valence-corrected chi connectivity index (χ1v) is 7.17. The van der Waals surface area contributed by atoms with E-state index in [9.17, 15) is 9.18 Å². The van der Waals surface area contributed by atoms with Crippen molar-refractivity contribution in [2.24, 2.45) is 0 Å². The minimum Gasteiger partial charge on any atom is -0.381 e. The Labute approximate surface area is 127 Å². The van der Waals surface area contributed by atoms with Crippen LogP contribution >= 0.6 is 0 Å². The summed E-state index contributed by atoms with van der Waals surface area (Å²) < 4.78 is 20.0. The van der Waals surface area contributed by atoms with Crippen molar-refractivity contribution in [1.29, 1.82) is 0 Å². The SMILES string of the molecule is O=C(Cn1ccnn1)NC1(c2ccc(F)cc2)CCOCC1. The molecule has 116 valence electrons. The lowest BCUT2D eigenvalue weighted by atomic mass is 9.82. The molecule has 1 N–H and O–H groups in total. The van der Waals surface area contributed by atoms with Crippen LogP contribution in [0.4, 0.5) is 4.39 Å². The average molecular weight is 304 g/mol. The van der Waals surface area contributed by atoms with Crippen molar-refractivity contribution >= 4 is 5.91 Å². The summed E-state index contributed by atoms with van der Waals surface area (Å²) in [5.74, 6) is -0.448. The van der Waals surface area contributed by atoms with Crippen molar-refractivity contribution in [3.63, 3.8) is 0 Å². The van der Waals surface area contributed by atoms with Crippen molar-refractivity contribution in [3.8, 4) is 0 Å². The largest absolute Gasteiger partial charge is 0.381 e. The van der Waals surface area contributed by atoms with E-state index in [-0.39, 0.29) is 18.3 Å². The second-order valence-corrected chi connectivity index (χ2v) is 5.35. The molecule has 2 heterocycles. The molecule has 1 fully saturated rings. The van der Waals surface area contributed by atoms with E-state index in [1.165, 1.54) is 23.0 Å². The first-order valence-electron chi connectivity index (χ1n) is 7.17. The Morgan fingerprint density at radius 3 is 2.68 bits per heavy atom. The van der Waals surface area contributed by atoms with E-state index in [4.69, 9.17) is 4.74 Å². The number of halogens is 1. The van der Waals surface area contributed by atoms with Crippen molar-refractivity contribution in [1.82, 2.24) is 20.3 Å². The van der Waals surface area contributed by atoms with Gasteiger partial charge in [-0.2, -0.15) is 0 Å². The Bertz CT molecular complexity index is 622. The van der Waals surface area contributed by atoms with Crippen LogP contribution in [0, 0.1) is 5.82 Å². The van der Waals surface area contributed by atoms with Crippen LogP contribution in [-0.4, -0.2) is 34.1 Å². The van der Waals surface area contributed by atoms with Crippen LogP contribution in [0.25, 0.3) is 0 Å². The summed E-state index contributed by atoms with van der Waals surface area (Å²) in [5.41, 5.74) is 0.369. The molecule has 1 aromatic carbocycles. The van der Waals surface area contributed by atoms with Gasteiger partial charge in [-0.1, -0.05) is 17.3 Å². The van der Waals surface area contributed by atoms with Gasteiger partial charge in [-0.3, -0.25) is 4.79 Å². The molecule has 0 spiro atoms. The van der Waals surface area contributed by atoms with Gasteiger partial charge >= 0.3 is 0 Å². The Morgan fingerprint density at radius 1 is 1.32 bits per heavy atom. The maximum atomic E-state index is 13.2. The van der Waals surface area contributed by atoms with Crippen LogP contribution in [0.2, 0.25) is 0 Å².